The van der Waals surface area contributed by atoms with E-state index in [1.165, 1.54) is 0 Å². The molecule has 0 atom stereocenters. The van der Waals surface area contributed by atoms with Gasteiger partial charge in [-0.05, 0) is 43.9 Å². The maximum Gasteiger partial charge on any atom is 0.163 e. The molecule has 0 fully saturated rings. The summed E-state index contributed by atoms with van der Waals surface area (Å²) in [5.41, 5.74) is 1.91. The Labute approximate surface area is 112 Å². The van der Waals surface area contributed by atoms with Crippen molar-refractivity contribution in [1.82, 2.24) is 0 Å². The van der Waals surface area contributed by atoms with Crippen molar-refractivity contribution >= 4 is 21.7 Å². The molecule has 0 amide bonds. The number of allylic oxidation sites excluding steroid dienone is 1. The Kier molecular flexibility index (Phi) is 6.20. The summed E-state index contributed by atoms with van der Waals surface area (Å²) in [7, 11) is 0. The van der Waals surface area contributed by atoms with Crippen LogP contribution in [0.1, 0.15) is 48.0 Å². The Morgan fingerprint density at radius 1 is 1.35 bits per heavy atom. The highest BCUT2D eigenvalue weighted by Crippen LogP contribution is 2.18. The number of ketones is 1. The van der Waals surface area contributed by atoms with Crippen LogP contribution in [0, 0.1) is 6.92 Å². The van der Waals surface area contributed by atoms with E-state index in [2.05, 4.69) is 22.5 Å². The van der Waals surface area contributed by atoms with Gasteiger partial charge in [0.15, 0.2) is 5.78 Å². The Morgan fingerprint density at radius 3 is 2.76 bits per heavy atom. The van der Waals surface area contributed by atoms with E-state index in [0.717, 1.165) is 41.3 Å². The number of carbonyl (C=O) groups excluding carboxylic acids is 1. The number of unbranched alkanes of at least 4 members (excludes halogenated alkanes) is 3. The molecule has 0 spiro atoms. The monoisotopic (exact) mass is 294 g/mol. The van der Waals surface area contributed by atoms with Crippen LogP contribution in [0.5, 0.6) is 0 Å². The molecule has 1 nitrogen and oxygen atoms in total. The van der Waals surface area contributed by atoms with Gasteiger partial charge in [0.1, 0.15) is 0 Å². The van der Waals surface area contributed by atoms with Gasteiger partial charge in [0, 0.05) is 16.5 Å². The normalized spacial score (nSPS) is 10.2. The first kappa shape index (κ1) is 14.2. The van der Waals surface area contributed by atoms with Gasteiger partial charge in [0.05, 0.1) is 0 Å². The quantitative estimate of drug-likeness (QED) is 0.389. The average molecular weight is 295 g/mol. The molecule has 2 heteroatoms. The van der Waals surface area contributed by atoms with Crippen LogP contribution in [0.3, 0.4) is 0 Å². The molecule has 92 valence electrons. The second-order valence-electron chi connectivity index (χ2n) is 4.27. The molecule has 0 N–H and O–H groups in total. The van der Waals surface area contributed by atoms with Gasteiger partial charge in [-0.3, -0.25) is 4.79 Å². The largest absolute Gasteiger partial charge is 0.294 e. The molecule has 1 aromatic rings. The Balaban J connectivity index is 2.44. The SMILES string of the molecule is C=CCCCCCC(=O)c1ccc(Br)cc1C. The predicted molar refractivity (Wildman–Crippen MR) is 76.5 cm³/mol. The summed E-state index contributed by atoms with van der Waals surface area (Å²) in [6.07, 6.45) is 6.84. The fraction of sp³-hybridized carbons (Fsp3) is 0.400. The topological polar surface area (TPSA) is 17.1 Å². The molecule has 0 saturated heterocycles. The van der Waals surface area contributed by atoms with E-state index in [-0.39, 0.29) is 5.78 Å². The van der Waals surface area contributed by atoms with Gasteiger partial charge in [-0.15, -0.1) is 6.58 Å². The van der Waals surface area contributed by atoms with E-state index in [1.54, 1.807) is 0 Å². The molecule has 0 aliphatic heterocycles. The van der Waals surface area contributed by atoms with Gasteiger partial charge in [-0.2, -0.15) is 0 Å². The molecule has 17 heavy (non-hydrogen) atoms. The number of hydrogen-bond donors (Lipinski definition) is 0. The summed E-state index contributed by atoms with van der Waals surface area (Å²) in [5, 5.41) is 0. The fourth-order valence-corrected chi connectivity index (χ4v) is 2.30. The second kappa shape index (κ2) is 7.44. The molecular weight excluding hydrogens is 276 g/mol. The molecule has 0 aliphatic rings. The molecule has 1 aromatic carbocycles. The fourth-order valence-electron chi connectivity index (χ4n) is 1.83. The molecule has 0 heterocycles. The van der Waals surface area contributed by atoms with Crippen molar-refractivity contribution in [2.75, 3.05) is 0 Å². The maximum absolute atomic E-state index is 12.0. The molecule has 0 saturated carbocycles. The van der Waals surface area contributed by atoms with E-state index in [0.29, 0.717) is 6.42 Å². The van der Waals surface area contributed by atoms with E-state index in [4.69, 9.17) is 0 Å². The van der Waals surface area contributed by atoms with Crippen molar-refractivity contribution in [3.05, 3.63) is 46.5 Å². The number of halogens is 1. The zero-order chi connectivity index (χ0) is 12.7. The Bertz CT molecular complexity index is 396. The van der Waals surface area contributed by atoms with E-state index >= 15 is 0 Å². The van der Waals surface area contributed by atoms with Crippen LogP contribution in [0.2, 0.25) is 0 Å². The van der Waals surface area contributed by atoms with E-state index in [1.807, 2.05) is 31.2 Å². The molecule has 0 radical (unpaired) electrons. The smallest absolute Gasteiger partial charge is 0.163 e. The minimum absolute atomic E-state index is 0.258. The van der Waals surface area contributed by atoms with Gasteiger partial charge in [0.25, 0.3) is 0 Å². The number of carbonyl (C=O) groups is 1. The van der Waals surface area contributed by atoms with E-state index in [9.17, 15) is 4.79 Å². The minimum atomic E-state index is 0.258. The highest BCUT2D eigenvalue weighted by Gasteiger charge is 2.08. The summed E-state index contributed by atoms with van der Waals surface area (Å²) in [5.74, 6) is 0.258. The Morgan fingerprint density at radius 2 is 2.12 bits per heavy atom. The maximum atomic E-state index is 12.0. The number of rotatable bonds is 7. The van der Waals surface area contributed by atoms with Crippen molar-refractivity contribution in [3.63, 3.8) is 0 Å². The molecule has 0 bridgehead atoms. The summed E-state index contributed by atoms with van der Waals surface area (Å²) >= 11 is 3.41. The predicted octanol–water partition coefficient (Wildman–Crippen LogP) is 5.08. The third-order valence-corrected chi connectivity index (χ3v) is 3.29. The van der Waals surface area contributed by atoms with Crippen molar-refractivity contribution < 1.29 is 4.79 Å². The summed E-state index contributed by atoms with van der Waals surface area (Å²) in [6, 6.07) is 5.83. The number of aryl methyl sites for hydroxylation is 1. The first-order valence-electron chi connectivity index (χ1n) is 6.05. The van der Waals surface area contributed by atoms with Gasteiger partial charge >= 0.3 is 0 Å². The first-order chi connectivity index (χ1) is 8.15. The number of Topliss-reactive ketones (excluding diaryl/α,β-unsaturated/α-hetero) is 1. The second-order valence-corrected chi connectivity index (χ2v) is 5.19. The average Bonchev–Trinajstić information content (AvgIpc) is 2.28. The van der Waals surface area contributed by atoms with Gasteiger partial charge in [-0.25, -0.2) is 0 Å². The van der Waals surface area contributed by atoms with Crippen LogP contribution >= 0.6 is 15.9 Å². The standard InChI is InChI=1S/C15H19BrO/c1-3-4-5-6-7-8-15(17)14-10-9-13(16)11-12(14)2/h3,9-11H,1,4-8H2,2H3. The van der Waals surface area contributed by atoms with Gasteiger partial charge in [-0.1, -0.05) is 34.5 Å². The number of benzene rings is 1. The van der Waals surface area contributed by atoms with Gasteiger partial charge in [0.2, 0.25) is 0 Å². The van der Waals surface area contributed by atoms with Crippen LogP contribution in [-0.2, 0) is 0 Å². The van der Waals surface area contributed by atoms with Crippen molar-refractivity contribution in [2.45, 2.75) is 39.0 Å². The van der Waals surface area contributed by atoms with Crippen LogP contribution in [0.15, 0.2) is 35.3 Å². The van der Waals surface area contributed by atoms with Crippen molar-refractivity contribution in [1.29, 1.82) is 0 Å². The first-order valence-corrected chi connectivity index (χ1v) is 6.84. The highest BCUT2D eigenvalue weighted by molar-refractivity contribution is 9.10. The zero-order valence-corrected chi connectivity index (χ0v) is 11.9. The highest BCUT2D eigenvalue weighted by atomic mass is 79.9. The van der Waals surface area contributed by atoms with Gasteiger partial charge < -0.3 is 0 Å². The zero-order valence-electron chi connectivity index (χ0n) is 10.3. The summed E-state index contributed by atoms with van der Waals surface area (Å²) < 4.78 is 1.03. The molecule has 0 aliphatic carbocycles. The lowest BCUT2D eigenvalue weighted by Crippen LogP contribution is -2.01. The Hall–Kier alpha value is -0.890. The van der Waals surface area contributed by atoms with Crippen molar-refractivity contribution in [3.8, 4) is 0 Å². The van der Waals surface area contributed by atoms with Crippen LogP contribution in [0.4, 0.5) is 0 Å². The summed E-state index contributed by atoms with van der Waals surface area (Å²) in [4.78, 5) is 12.0. The molecule has 1 rings (SSSR count). The van der Waals surface area contributed by atoms with Crippen molar-refractivity contribution in [2.24, 2.45) is 0 Å². The molecule has 0 unspecified atom stereocenters. The molecule has 0 aromatic heterocycles. The number of hydrogen-bond acceptors (Lipinski definition) is 1. The van der Waals surface area contributed by atoms with Crippen LogP contribution < -0.4 is 0 Å². The van der Waals surface area contributed by atoms with Crippen LogP contribution in [0.25, 0.3) is 0 Å². The molecular formula is C15H19BrO. The lowest BCUT2D eigenvalue weighted by Gasteiger charge is -2.05. The third kappa shape index (κ3) is 4.86. The lowest BCUT2D eigenvalue weighted by molar-refractivity contribution is 0.0978. The van der Waals surface area contributed by atoms with E-state index < -0.39 is 0 Å². The van der Waals surface area contributed by atoms with Crippen LogP contribution in [-0.4, -0.2) is 5.78 Å². The third-order valence-electron chi connectivity index (χ3n) is 2.80. The minimum Gasteiger partial charge on any atom is -0.294 e. The lowest BCUT2D eigenvalue weighted by atomic mass is 10.0. The summed E-state index contributed by atoms with van der Waals surface area (Å²) in [6.45, 7) is 5.67.